The molecule has 0 saturated carbocycles. The number of carbonyl (C=O) groups excluding carboxylic acids is 1. The number of methoxy groups -OCH3 is 1. The first kappa shape index (κ1) is 22.4. The average Bonchev–Trinajstić information content (AvgIpc) is 3.58. The molecule has 1 fully saturated rings. The van der Waals surface area contributed by atoms with Crippen LogP contribution in [0.2, 0.25) is 0 Å². The summed E-state index contributed by atoms with van der Waals surface area (Å²) >= 11 is 1.45. The molecule has 1 aliphatic heterocycles. The van der Waals surface area contributed by atoms with Crippen LogP contribution in [0.3, 0.4) is 0 Å². The first-order chi connectivity index (χ1) is 16.7. The molecule has 1 amide bonds. The van der Waals surface area contributed by atoms with Crippen LogP contribution in [-0.2, 0) is 9.53 Å². The Morgan fingerprint density at radius 1 is 1.12 bits per heavy atom. The summed E-state index contributed by atoms with van der Waals surface area (Å²) in [6.45, 7) is 1.12. The van der Waals surface area contributed by atoms with Crippen LogP contribution in [0.25, 0.3) is 22.0 Å². The van der Waals surface area contributed by atoms with Crippen molar-refractivity contribution in [2.75, 3.05) is 31.8 Å². The molecule has 0 N–H and O–H groups in total. The Balaban J connectivity index is 1.36. The van der Waals surface area contributed by atoms with Gasteiger partial charge in [-0.15, -0.1) is 11.3 Å². The summed E-state index contributed by atoms with van der Waals surface area (Å²) in [6, 6.07) is 21.6. The molecular formula is C27H26N2O4S. The van der Waals surface area contributed by atoms with Crippen molar-refractivity contribution in [1.29, 1.82) is 0 Å². The molecule has 5 rings (SSSR count). The van der Waals surface area contributed by atoms with Crippen molar-refractivity contribution in [3.05, 3.63) is 72.1 Å². The van der Waals surface area contributed by atoms with E-state index in [-0.39, 0.29) is 18.6 Å². The maximum absolute atomic E-state index is 13.4. The fourth-order valence-corrected chi connectivity index (χ4v) is 4.96. The molecule has 4 aromatic rings. The number of benzene rings is 3. The lowest BCUT2D eigenvalue weighted by atomic mass is 10.1. The molecule has 0 radical (unpaired) electrons. The van der Waals surface area contributed by atoms with Crippen LogP contribution in [-0.4, -0.2) is 43.9 Å². The third-order valence-electron chi connectivity index (χ3n) is 5.92. The molecule has 1 aromatic heterocycles. The standard InChI is InChI=1S/C27H26N2O4S/c1-31-21-13-11-20(12-14-21)24-18-34-27(28-24)29(16-22-8-5-15-32-22)26(30)17-33-25-10-4-7-19-6-2-3-9-23(19)25/h2-4,6-7,9-14,18,22H,5,8,15-17H2,1H3/t22-/m0/s1. The summed E-state index contributed by atoms with van der Waals surface area (Å²) in [6.07, 6.45) is 1.95. The molecule has 0 spiro atoms. The van der Waals surface area contributed by atoms with E-state index in [1.54, 1.807) is 12.0 Å². The number of anilines is 1. The topological polar surface area (TPSA) is 60.9 Å². The highest BCUT2D eigenvalue weighted by Crippen LogP contribution is 2.30. The van der Waals surface area contributed by atoms with Gasteiger partial charge in [0.25, 0.3) is 5.91 Å². The molecule has 0 aliphatic carbocycles. The van der Waals surface area contributed by atoms with E-state index < -0.39 is 0 Å². The number of hydrogen-bond donors (Lipinski definition) is 0. The van der Waals surface area contributed by atoms with Crippen molar-refractivity contribution in [2.45, 2.75) is 18.9 Å². The van der Waals surface area contributed by atoms with Crippen molar-refractivity contribution < 1.29 is 19.0 Å². The number of carbonyl (C=O) groups is 1. The number of ether oxygens (including phenoxy) is 3. The second kappa shape index (κ2) is 10.2. The highest BCUT2D eigenvalue weighted by atomic mass is 32.1. The molecule has 0 unspecified atom stereocenters. The monoisotopic (exact) mass is 474 g/mol. The molecule has 6 nitrogen and oxygen atoms in total. The minimum atomic E-state index is -0.140. The Morgan fingerprint density at radius 3 is 2.74 bits per heavy atom. The number of amides is 1. The minimum absolute atomic E-state index is 0.00911. The van der Waals surface area contributed by atoms with E-state index in [9.17, 15) is 4.79 Å². The summed E-state index contributed by atoms with van der Waals surface area (Å²) < 4.78 is 17.1. The number of rotatable bonds is 8. The van der Waals surface area contributed by atoms with Crippen LogP contribution in [0, 0.1) is 0 Å². The van der Waals surface area contributed by atoms with Gasteiger partial charge in [-0.1, -0.05) is 36.4 Å². The van der Waals surface area contributed by atoms with Crippen LogP contribution < -0.4 is 14.4 Å². The molecule has 7 heteroatoms. The quantitative estimate of drug-likeness (QED) is 0.334. The molecule has 1 saturated heterocycles. The van der Waals surface area contributed by atoms with E-state index in [0.29, 0.717) is 17.4 Å². The summed E-state index contributed by atoms with van der Waals surface area (Å²) in [5.41, 5.74) is 1.79. The third kappa shape index (κ3) is 4.90. The van der Waals surface area contributed by atoms with Gasteiger partial charge >= 0.3 is 0 Å². The average molecular weight is 475 g/mol. The number of nitrogens with zero attached hydrogens (tertiary/aromatic N) is 2. The molecule has 0 bridgehead atoms. The Bertz CT molecular complexity index is 1260. The number of aromatic nitrogens is 1. The summed E-state index contributed by atoms with van der Waals surface area (Å²) in [7, 11) is 1.64. The van der Waals surface area contributed by atoms with Crippen LogP contribution in [0.5, 0.6) is 11.5 Å². The largest absolute Gasteiger partial charge is 0.497 e. The number of thiazole rings is 1. The van der Waals surface area contributed by atoms with Crippen LogP contribution in [0.15, 0.2) is 72.1 Å². The SMILES string of the molecule is COc1ccc(-c2csc(N(C[C@@H]3CCCO3)C(=O)COc3cccc4ccccc34)n2)cc1. The van der Waals surface area contributed by atoms with Crippen molar-refractivity contribution in [1.82, 2.24) is 4.98 Å². The van der Waals surface area contributed by atoms with Gasteiger partial charge in [-0.25, -0.2) is 4.98 Å². The van der Waals surface area contributed by atoms with Gasteiger partial charge in [-0.05, 0) is 48.6 Å². The van der Waals surface area contributed by atoms with Gasteiger partial charge in [0.15, 0.2) is 11.7 Å². The second-order valence-corrected chi connectivity index (χ2v) is 8.99. The highest BCUT2D eigenvalue weighted by molar-refractivity contribution is 7.14. The second-order valence-electron chi connectivity index (χ2n) is 8.15. The fourth-order valence-electron chi connectivity index (χ4n) is 4.10. The van der Waals surface area contributed by atoms with Gasteiger partial charge in [0.2, 0.25) is 0 Å². The van der Waals surface area contributed by atoms with Crippen LogP contribution >= 0.6 is 11.3 Å². The van der Waals surface area contributed by atoms with E-state index in [0.717, 1.165) is 47.2 Å². The molecule has 3 aromatic carbocycles. The maximum Gasteiger partial charge on any atom is 0.266 e. The molecule has 1 aliphatic rings. The highest BCUT2D eigenvalue weighted by Gasteiger charge is 2.26. The van der Waals surface area contributed by atoms with Crippen LogP contribution in [0.1, 0.15) is 12.8 Å². The molecule has 1 atom stereocenters. The first-order valence-electron chi connectivity index (χ1n) is 11.3. The summed E-state index contributed by atoms with van der Waals surface area (Å²) in [5.74, 6) is 1.35. The van der Waals surface area contributed by atoms with Crippen molar-refractivity contribution >= 4 is 33.1 Å². The Labute approximate surface area is 202 Å². The van der Waals surface area contributed by atoms with Crippen molar-refractivity contribution in [3.8, 4) is 22.8 Å². The van der Waals surface area contributed by atoms with E-state index >= 15 is 0 Å². The van der Waals surface area contributed by atoms with Gasteiger partial charge < -0.3 is 14.2 Å². The fraction of sp³-hybridized carbons (Fsp3) is 0.259. The van der Waals surface area contributed by atoms with Gasteiger partial charge in [-0.2, -0.15) is 0 Å². The van der Waals surface area contributed by atoms with Crippen molar-refractivity contribution in [3.63, 3.8) is 0 Å². The predicted molar refractivity (Wildman–Crippen MR) is 135 cm³/mol. The predicted octanol–water partition coefficient (Wildman–Crippen LogP) is 5.56. The van der Waals surface area contributed by atoms with Crippen LogP contribution in [0.4, 0.5) is 5.13 Å². The molecular weight excluding hydrogens is 448 g/mol. The zero-order valence-electron chi connectivity index (χ0n) is 19.0. The zero-order chi connectivity index (χ0) is 23.3. The Hall–Kier alpha value is -3.42. The minimum Gasteiger partial charge on any atom is -0.497 e. The zero-order valence-corrected chi connectivity index (χ0v) is 19.8. The smallest absolute Gasteiger partial charge is 0.266 e. The molecule has 2 heterocycles. The van der Waals surface area contributed by atoms with E-state index in [1.165, 1.54) is 11.3 Å². The first-order valence-corrected chi connectivity index (χ1v) is 12.2. The number of fused-ring (bicyclic) bond motifs is 1. The molecule has 174 valence electrons. The third-order valence-corrected chi connectivity index (χ3v) is 6.78. The lowest BCUT2D eigenvalue weighted by Crippen LogP contribution is -2.40. The lowest BCUT2D eigenvalue weighted by Gasteiger charge is -2.23. The van der Waals surface area contributed by atoms with E-state index in [2.05, 4.69) is 0 Å². The van der Waals surface area contributed by atoms with Gasteiger partial charge in [0, 0.05) is 22.9 Å². The van der Waals surface area contributed by atoms with Gasteiger partial charge in [0.1, 0.15) is 11.5 Å². The van der Waals surface area contributed by atoms with E-state index in [1.807, 2.05) is 72.1 Å². The summed E-state index contributed by atoms with van der Waals surface area (Å²) in [5, 5.41) is 4.68. The van der Waals surface area contributed by atoms with Gasteiger partial charge in [0.05, 0.1) is 25.5 Å². The van der Waals surface area contributed by atoms with E-state index in [4.69, 9.17) is 19.2 Å². The Morgan fingerprint density at radius 2 is 1.94 bits per heavy atom. The molecule has 34 heavy (non-hydrogen) atoms. The normalized spacial score (nSPS) is 15.4. The van der Waals surface area contributed by atoms with Gasteiger partial charge in [-0.3, -0.25) is 9.69 Å². The van der Waals surface area contributed by atoms with Crippen molar-refractivity contribution in [2.24, 2.45) is 0 Å². The Kier molecular flexibility index (Phi) is 6.74. The summed E-state index contributed by atoms with van der Waals surface area (Å²) in [4.78, 5) is 19.8. The number of hydrogen-bond acceptors (Lipinski definition) is 6. The maximum atomic E-state index is 13.4. The lowest BCUT2D eigenvalue weighted by molar-refractivity contribution is -0.120.